The van der Waals surface area contributed by atoms with Gasteiger partial charge >= 0.3 is 0 Å². The van der Waals surface area contributed by atoms with Crippen molar-refractivity contribution in [1.82, 2.24) is 5.32 Å². The summed E-state index contributed by atoms with van der Waals surface area (Å²) in [4.78, 5) is 10.9. The quantitative estimate of drug-likeness (QED) is 0.759. The Morgan fingerprint density at radius 2 is 2.33 bits per heavy atom. The van der Waals surface area contributed by atoms with Crippen LogP contribution in [0, 0.1) is 5.82 Å². The lowest BCUT2D eigenvalue weighted by molar-refractivity contribution is -0.122. The molecule has 0 saturated carbocycles. The Balaban J connectivity index is 2.76. The van der Waals surface area contributed by atoms with Crippen molar-refractivity contribution in [3.8, 4) is 5.75 Å². The molecule has 1 aromatic rings. The van der Waals surface area contributed by atoms with Gasteiger partial charge in [-0.2, -0.15) is 0 Å². The van der Waals surface area contributed by atoms with E-state index in [0.717, 1.165) is 0 Å². The van der Waals surface area contributed by atoms with E-state index < -0.39 is 5.82 Å². The van der Waals surface area contributed by atoms with E-state index in [2.05, 4.69) is 5.32 Å². The van der Waals surface area contributed by atoms with Gasteiger partial charge in [0.2, 0.25) is 0 Å². The van der Waals surface area contributed by atoms with Crippen LogP contribution in [0.2, 0.25) is 0 Å². The Kier molecular flexibility index (Phi) is 4.05. The van der Waals surface area contributed by atoms with Crippen LogP contribution in [0.25, 0.3) is 0 Å². The molecule has 1 amide bonds. The molecular weight excluding hydrogens is 199 g/mol. The van der Waals surface area contributed by atoms with Gasteiger partial charge in [-0.25, -0.2) is 4.39 Å². The molecule has 82 valence electrons. The summed E-state index contributed by atoms with van der Waals surface area (Å²) >= 11 is 0. The number of carbonyl (C=O) groups excluding carboxylic acids is 1. The number of benzene rings is 1. The number of amides is 1. The summed E-state index contributed by atoms with van der Waals surface area (Å²) in [7, 11) is 1.50. The maximum Gasteiger partial charge on any atom is 0.257 e. The van der Waals surface area contributed by atoms with Gasteiger partial charge < -0.3 is 15.8 Å². The highest BCUT2D eigenvalue weighted by atomic mass is 19.1. The molecular formula is C10H13FN2O2. The first-order valence-electron chi connectivity index (χ1n) is 4.50. The van der Waals surface area contributed by atoms with E-state index in [1.165, 1.54) is 19.2 Å². The topological polar surface area (TPSA) is 64.3 Å². The van der Waals surface area contributed by atoms with Crippen molar-refractivity contribution in [2.24, 2.45) is 5.73 Å². The minimum Gasteiger partial charge on any atom is -0.483 e. The Hall–Kier alpha value is -1.62. The first-order chi connectivity index (χ1) is 7.19. The lowest BCUT2D eigenvalue weighted by Crippen LogP contribution is -2.25. The van der Waals surface area contributed by atoms with Crippen LogP contribution >= 0.6 is 0 Å². The van der Waals surface area contributed by atoms with Crippen LogP contribution in [-0.2, 0) is 11.3 Å². The van der Waals surface area contributed by atoms with Crippen LogP contribution in [-0.4, -0.2) is 19.6 Å². The second-order valence-electron chi connectivity index (χ2n) is 2.88. The number of halogens is 1. The summed E-state index contributed by atoms with van der Waals surface area (Å²) in [5, 5.41) is 2.40. The van der Waals surface area contributed by atoms with Gasteiger partial charge in [-0.05, 0) is 12.1 Å². The van der Waals surface area contributed by atoms with E-state index in [9.17, 15) is 9.18 Å². The zero-order chi connectivity index (χ0) is 11.3. The summed E-state index contributed by atoms with van der Waals surface area (Å²) in [6.45, 7) is -0.108. The number of carbonyl (C=O) groups is 1. The number of nitrogens with one attached hydrogen (secondary N) is 1. The smallest absolute Gasteiger partial charge is 0.257 e. The average Bonchev–Trinajstić information content (AvgIpc) is 2.25. The molecule has 0 aliphatic heterocycles. The summed E-state index contributed by atoms with van der Waals surface area (Å²) in [6.07, 6.45) is 0. The molecule has 0 atom stereocenters. The predicted octanol–water partition coefficient (Wildman–Crippen LogP) is 0.409. The third kappa shape index (κ3) is 2.92. The summed E-state index contributed by atoms with van der Waals surface area (Å²) in [6, 6.07) is 4.39. The monoisotopic (exact) mass is 212 g/mol. The molecule has 3 N–H and O–H groups in total. The molecule has 0 aliphatic rings. The van der Waals surface area contributed by atoms with E-state index in [0.29, 0.717) is 5.75 Å². The van der Waals surface area contributed by atoms with Crippen LogP contribution in [0.1, 0.15) is 5.56 Å². The molecule has 1 aromatic carbocycles. The highest BCUT2D eigenvalue weighted by Crippen LogP contribution is 2.20. The fraction of sp³-hybridized carbons (Fsp3) is 0.300. The van der Waals surface area contributed by atoms with E-state index in [1.807, 2.05) is 0 Å². The molecule has 0 heterocycles. The van der Waals surface area contributed by atoms with Gasteiger partial charge in [-0.15, -0.1) is 0 Å². The maximum atomic E-state index is 13.2. The standard InChI is InChI=1S/C10H13FN2O2/c1-13-10(14)6-15-9-4-2-3-8(11)7(9)5-12/h2-4H,5-6,12H2,1H3,(H,13,14). The molecule has 5 heteroatoms. The van der Waals surface area contributed by atoms with Gasteiger partial charge in [0.15, 0.2) is 6.61 Å². The fourth-order valence-electron chi connectivity index (χ4n) is 1.09. The fourth-order valence-corrected chi connectivity index (χ4v) is 1.09. The zero-order valence-electron chi connectivity index (χ0n) is 8.42. The highest BCUT2D eigenvalue weighted by molar-refractivity contribution is 5.77. The summed E-state index contributed by atoms with van der Waals surface area (Å²) < 4.78 is 18.3. The third-order valence-corrected chi connectivity index (χ3v) is 1.92. The molecule has 1 rings (SSSR count). The van der Waals surface area contributed by atoms with E-state index in [1.54, 1.807) is 6.07 Å². The van der Waals surface area contributed by atoms with E-state index in [-0.39, 0.29) is 24.6 Å². The SMILES string of the molecule is CNC(=O)COc1cccc(F)c1CN. The van der Waals surface area contributed by atoms with Crippen LogP contribution < -0.4 is 15.8 Å². The Labute approximate surface area is 87.2 Å². The van der Waals surface area contributed by atoms with Crippen molar-refractivity contribution >= 4 is 5.91 Å². The van der Waals surface area contributed by atoms with Crippen LogP contribution in [0.3, 0.4) is 0 Å². The van der Waals surface area contributed by atoms with Crippen molar-refractivity contribution < 1.29 is 13.9 Å². The molecule has 15 heavy (non-hydrogen) atoms. The van der Waals surface area contributed by atoms with E-state index >= 15 is 0 Å². The number of rotatable bonds is 4. The number of ether oxygens (including phenoxy) is 1. The third-order valence-electron chi connectivity index (χ3n) is 1.92. The summed E-state index contributed by atoms with van der Waals surface area (Å²) in [5.74, 6) is -0.393. The number of likely N-dealkylation sites (N-methyl/N-ethyl adjacent to an activating group) is 1. The number of hydrogen-bond donors (Lipinski definition) is 2. The Morgan fingerprint density at radius 3 is 2.93 bits per heavy atom. The van der Waals surface area contributed by atoms with Crippen LogP contribution in [0.4, 0.5) is 4.39 Å². The van der Waals surface area contributed by atoms with Crippen LogP contribution in [0.5, 0.6) is 5.75 Å². The second kappa shape index (κ2) is 5.31. The minimum absolute atomic E-state index is 0.0375. The summed E-state index contributed by atoms with van der Waals surface area (Å²) in [5.41, 5.74) is 5.65. The van der Waals surface area contributed by atoms with Crippen molar-refractivity contribution in [3.63, 3.8) is 0 Å². The molecule has 0 aromatic heterocycles. The first-order valence-corrected chi connectivity index (χ1v) is 4.50. The van der Waals surface area contributed by atoms with Gasteiger partial charge in [-0.3, -0.25) is 4.79 Å². The molecule has 0 fully saturated rings. The van der Waals surface area contributed by atoms with E-state index in [4.69, 9.17) is 10.5 Å². The highest BCUT2D eigenvalue weighted by Gasteiger charge is 2.08. The average molecular weight is 212 g/mol. The molecule has 4 nitrogen and oxygen atoms in total. The Bertz CT molecular complexity index is 355. The van der Waals surface area contributed by atoms with Gasteiger partial charge in [0.25, 0.3) is 5.91 Å². The maximum absolute atomic E-state index is 13.2. The van der Waals surface area contributed by atoms with Gasteiger partial charge in [-0.1, -0.05) is 6.07 Å². The number of hydrogen-bond acceptors (Lipinski definition) is 3. The largest absolute Gasteiger partial charge is 0.483 e. The molecule has 0 bridgehead atoms. The van der Waals surface area contributed by atoms with Crippen LogP contribution in [0.15, 0.2) is 18.2 Å². The normalized spacial score (nSPS) is 9.80. The molecule has 0 saturated heterocycles. The Morgan fingerprint density at radius 1 is 1.60 bits per heavy atom. The molecule has 0 unspecified atom stereocenters. The molecule has 0 radical (unpaired) electrons. The van der Waals surface area contributed by atoms with Crippen molar-refractivity contribution in [2.75, 3.05) is 13.7 Å². The number of nitrogens with two attached hydrogens (primary N) is 1. The van der Waals surface area contributed by atoms with Crippen molar-refractivity contribution in [2.45, 2.75) is 6.54 Å². The molecule has 0 spiro atoms. The van der Waals surface area contributed by atoms with Gasteiger partial charge in [0, 0.05) is 19.2 Å². The zero-order valence-corrected chi connectivity index (χ0v) is 8.42. The second-order valence-corrected chi connectivity index (χ2v) is 2.88. The lowest BCUT2D eigenvalue weighted by atomic mass is 10.2. The molecule has 0 aliphatic carbocycles. The predicted molar refractivity (Wildman–Crippen MR) is 53.9 cm³/mol. The minimum atomic E-state index is -0.424. The van der Waals surface area contributed by atoms with Crippen molar-refractivity contribution in [3.05, 3.63) is 29.6 Å². The van der Waals surface area contributed by atoms with Gasteiger partial charge in [0.05, 0.1) is 0 Å². The van der Waals surface area contributed by atoms with Crippen molar-refractivity contribution in [1.29, 1.82) is 0 Å². The lowest BCUT2D eigenvalue weighted by Gasteiger charge is -2.09. The van der Waals surface area contributed by atoms with Gasteiger partial charge in [0.1, 0.15) is 11.6 Å². The first kappa shape index (κ1) is 11.5.